The first kappa shape index (κ1) is 17.3. The van der Waals surface area contributed by atoms with Gasteiger partial charge in [-0.1, -0.05) is 30.3 Å². The zero-order valence-electron chi connectivity index (χ0n) is 14.7. The van der Waals surface area contributed by atoms with E-state index in [4.69, 9.17) is 9.47 Å². The second-order valence-electron chi connectivity index (χ2n) is 6.19. The van der Waals surface area contributed by atoms with Gasteiger partial charge >= 0.3 is 0 Å². The molecule has 0 aliphatic carbocycles. The number of hydrogen-bond acceptors (Lipinski definition) is 4. The maximum atomic E-state index is 12.5. The maximum Gasteiger partial charge on any atom is 0.238 e. The predicted octanol–water partition coefficient (Wildman–Crippen LogP) is 3.48. The molecule has 1 heterocycles. The van der Waals surface area contributed by atoms with Crippen molar-refractivity contribution in [2.75, 3.05) is 32.6 Å². The number of anilines is 1. The van der Waals surface area contributed by atoms with E-state index in [9.17, 15) is 4.79 Å². The number of amides is 1. The number of hydrogen-bond donors (Lipinski definition) is 1. The predicted molar refractivity (Wildman–Crippen MR) is 98.2 cm³/mol. The van der Waals surface area contributed by atoms with E-state index in [2.05, 4.69) is 34.5 Å². The van der Waals surface area contributed by atoms with Crippen LogP contribution in [0.1, 0.15) is 24.4 Å². The molecule has 1 amide bonds. The number of likely N-dealkylation sites (tertiary alicyclic amines) is 1. The summed E-state index contributed by atoms with van der Waals surface area (Å²) < 4.78 is 10.5. The van der Waals surface area contributed by atoms with Crippen LogP contribution in [-0.4, -0.2) is 38.1 Å². The number of benzene rings is 2. The molecule has 1 N–H and O–H groups in total. The third-order valence-corrected chi connectivity index (χ3v) is 4.53. The van der Waals surface area contributed by atoms with Gasteiger partial charge < -0.3 is 14.8 Å². The summed E-state index contributed by atoms with van der Waals surface area (Å²) in [5, 5.41) is 2.95. The minimum atomic E-state index is -0.0295. The molecule has 0 saturated carbocycles. The Hall–Kier alpha value is -2.53. The van der Waals surface area contributed by atoms with Gasteiger partial charge in [0.2, 0.25) is 5.91 Å². The van der Waals surface area contributed by atoms with Crippen LogP contribution in [0.4, 0.5) is 5.69 Å². The van der Waals surface area contributed by atoms with E-state index in [1.54, 1.807) is 32.4 Å². The molecular formula is C20H24N2O3. The highest BCUT2D eigenvalue weighted by Gasteiger charge is 2.27. The third kappa shape index (κ3) is 4.31. The average molecular weight is 340 g/mol. The fourth-order valence-corrected chi connectivity index (χ4v) is 3.33. The normalized spacial score (nSPS) is 17.3. The minimum absolute atomic E-state index is 0.0295. The Morgan fingerprint density at radius 2 is 1.80 bits per heavy atom. The molecular weight excluding hydrogens is 316 g/mol. The molecule has 1 aliphatic heterocycles. The van der Waals surface area contributed by atoms with Crippen LogP contribution in [0, 0.1) is 0 Å². The average Bonchev–Trinajstić information content (AvgIpc) is 3.09. The molecule has 0 aromatic heterocycles. The van der Waals surface area contributed by atoms with Crippen molar-refractivity contribution in [2.45, 2.75) is 18.9 Å². The fourth-order valence-electron chi connectivity index (χ4n) is 3.33. The molecule has 2 aromatic carbocycles. The van der Waals surface area contributed by atoms with Crippen LogP contribution in [-0.2, 0) is 4.79 Å². The molecule has 25 heavy (non-hydrogen) atoms. The number of ether oxygens (including phenoxy) is 2. The molecule has 2 aromatic rings. The lowest BCUT2D eigenvalue weighted by Crippen LogP contribution is -2.32. The van der Waals surface area contributed by atoms with Gasteiger partial charge in [-0.05, 0) is 24.9 Å². The number of rotatable bonds is 6. The Bertz CT molecular complexity index is 696. The zero-order chi connectivity index (χ0) is 17.6. The molecule has 132 valence electrons. The lowest BCUT2D eigenvalue weighted by molar-refractivity contribution is -0.117. The van der Waals surface area contributed by atoms with Crippen LogP contribution < -0.4 is 14.8 Å². The Morgan fingerprint density at radius 1 is 1.12 bits per heavy atom. The van der Waals surface area contributed by atoms with Crippen LogP contribution >= 0.6 is 0 Å². The molecule has 0 spiro atoms. The Balaban J connectivity index is 1.66. The standard InChI is InChI=1S/C20H24N2O3/c1-24-17-11-16(12-18(13-17)25-2)21-20(23)14-22-10-6-9-19(22)15-7-4-3-5-8-15/h3-5,7-8,11-13,19H,6,9-10,14H2,1-2H3,(H,21,23). The molecule has 1 fully saturated rings. The lowest BCUT2D eigenvalue weighted by Gasteiger charge is -2.24. The first-order chi connectivity index (χ1) is 12.2. The van der Waals surface area contributed by atoms with Gasteiger partial charge in [0.1, 0.15) is 11.5 Å². The largest absolute Gasteiger partial charge is 0.497 e. The Kier molecular flexibility index (Phi) is 5.56. The van der Waals surface area contributed by atoms with Gasteiger partial charge in [-0.2, -0.15) is 0 Å². The van der Waals surface area contributed by atoms with Crippen LogP contribution in [0.3, 0.4) is 0 Å². The minimum Gasteiger partial charge on any atom is -0.497 e. The second-order valence-corrected chi connectivity index (χ2v) is 6.19. The van der Waals surface area contributed by atoms with Crippen LogP contribution in [0.25, 0.3) is 0 Å². The molecule has 1 atom stereocenters. The summed E-state index contributed by atoms with van der Waals surface area (Å²) in [5.74, 6) is 1.27. The van der Waals surface area contributed by atoms with E-state index in [-0.39, 0.29) is 5.91 Å². The molecule has 1 unspecified atom stereocenters. The summed E-state index contributed by atoms with van der Waals surface area (Å²) in [6, 6.07) is 16.1. The van der Waals surface area contributed by atoms with Crippen molar-refractivity contribution in [3.8, 4) is 11.5 Å². The number of nitrogens with zero attached hydrogens (tertiary/aromatic N) is 1. The quantitative estimate of drug-likeness (QED) is 0.875. The molecule has 5 heteroatoms. The Labute approximate surface area is 148 Å². The summed E-state index contributed by atoms with van der Waals surface area (Å²) in [5.41, 5.74) is 1.95. The van der Waals surface area contributed by atoms with Crippen molar-refractivity contribution in [3.63, 3.8) is 0 Å². The van der Waals surface area contributed by atoms with Crippen molar-refractivity contribution in [2.24, 2.45) is 0 Å². The first-order valence-electron chi connectivity index (χ1n) is 8.51. The van der Waals surface area contributed by atoms with E-state index < -0.39 is 0 Å². The highest BCUT2D eigenvalue weighted by atomic mass is 16.5. The van der Waals surface area contributed by atoms with Crippen molar-refractivity contribution >= 4 is 11.6 Å². The summed E-state index contributed by atoms with van der Waals surface area (Å²) in [6.07, 6.45) is 2.20. The van der Waals surface area contributed by atoms with Gasteiger partial charge in [0.05, 0.1) is 20.8 Å². The van der Waals surface area contributed by atoms with Gasteiger partial charge in [-0.25, -0.2) is 0 Å². The highest BCUT2D eigenvalue weighted by Crippen LogP contribution is 2.31. The number of nitrogens with one attached hydrogen (secondary N) is 1. The van der Waals surface area contributed by atoms with Crippen molar-refractivity contribution in [1.29, 1.82) is 0 Å². The molecule has 1 saturated heterocycles. The van der Waals surface area contributed by atoms with E-state index in [1.807, 2.05) is 6.07 Å². The second kappa shape index (κ2) is 8.03. The molecule has 5 nitrogen and oxygen atoms in total. The smallest absolute Gasteiger partial charge is 0.238 e. The lowest BCUT2D eigenvalue weighted by atomic mass is 10.0. The van der Waals surface area contributed by atoms with Gasteiger partial charge in [0.25, 0.3) is 0 Å². The van der Waals surface area contributed by atoms with Gasteiger partial charge in [-0.15, -0.1) is 0 Å². The van der Waals surface area contributed by atoms with Crippen LogP contribution in [0.5, 0.6) is 11.5 Å². The molecule has 0 bridgehead atoms. The van der Waals surface area contributed by atoms with Gasteiger partial charge in [0, 0.05) is 29.9 Å². The maximum absolute atomic E-state index is 12.5. The topological polar surface area (TPSA) is 50.8 Å². The fraction of sp³-hybridized carbons (Fsp3) is 0.350. The summed E-state index contributed by atoms with van der Waals surface area (Å²) in [6.45, 7) is 1.31. The van der Waals surface area contributed by atoms with E-state index >= 15 is 0 Å². The first-order valence-corrected chi connectivity index (χ1v) is 8.51. The Morgan fingerprint density at radius 3 is 2.44 bits per heavy atom. The van der Waals surface area contributed by atoms with Crippen molar-refractivity contribution in [3.05, 3.63) is 54.1 Å². The number of carbonyl (C=O) groups excluding carboxylic acids is 1. The highest BCUT2D eigenvalue weighted by molar-refractivity contribution is 5.92. The van der Waals surface area contributed by atoms with E-state index in [1.165, 1.54) is 5.56 Å². The van der Waals surface area contributed by atoms with E-state index in [0.717, 1.165) is 19.4 Å². The van der Waals surface area contributed by atoms with Crippen molar-refractivity contribution in [1.82, 2.24) is 4.90 Å². The molecule has 3 rings (SSSR count). The molecule has 1 aliphatic rings. The summed E-state index contributed by atoms with van der Waals surface area (Å²) >= 11 is 0. The summed E-state index contributed by atoms with van der Waals surface area (Å²) in [7, 11) is 3.18. The van der Waals surface area contributed by atoms with Crippen LogP contribution in [0.15, 0.2) is 48.5 Å². The van der Waals surface area contributed by atoms with Crippen LogP contribution in [0.2, 0.25) is 0 Å². The number of methoxy groups -OCH3 is 2. The van der Waals surface area contributed by atoms with Gasteiger partial charge in [-0.3, -0.25) is 9.69 Å². The summed E-state index contributed by atoms with van der Waals surface area (Å²) in [4.78, 5) is 14.7. The van der Waals surface area contributed by atoms with E-state index in [0.29, 0.717) is 29.8 Å². The molecule has 0 radical (unpaired) electrons. The monoisotopic (exact) mass is 340 g/mol. The third-order valence-electron chi connectivity index (χ3n) is 4.53. The SMILES string of the molecule is COc1cc(NC(=O)CN2CCCC2c2ccccc2)cc(OC)c1. The van der Waals surface area contributed by atoms with Crippen molar-refractivity contribution < 1.29 is 14.3 Å². The number of carbonyl (C=O) groups is 1. The zero-order valence-corrected chi connectivity index (χ0v) is 14.7. The van der Waals surface area contributed by atoms with Gasteiger partial charge in [0.15, 0.2) is 0 Å².